The Balaban J connectivity index is 1.75. The van der Waals surface area contributed by atoms with Crippen LogP contribution in [0.1, 0.15) is 21.6 Å². The van der Waals surface area contributed by atoms with Crippen LogP contribution in [0, 0.1) is 5.82 Å². The predicted octanol–water partition coefficient (Wildman–Crippen LogP) is 4.95. The largest absolute Gasteiger partial charge is 0.497 e. The van der Waals surface area contributed by atoms with Crippen LogP contribution in [0.3, 0.4) is 0 Å². The summed E-state index contributed by atoms with van der Waals surface area (Å²) < 4.78 is 20.3. The number of carboxylic acid groups (broad SMARTS) is 1. The molecule has 0 amide bonds. The average molecular weight is 415 g/mol. The molecule has 0 radical (unpaired) electrons. The number of rotatable bonds is 6. The van der Waals surface area contributed by atoms with Gasteiger partial charge < -0.3 is 9.84 Å². The number of carbonyl (C=O) groups is 1. The van der Waals surface area contributed by atoms with E-state index >= 15 is 0 Å². The van der Waals surface area contributed by atoms with Gasteiger partial charge in [-0.05, 0) is 72.8 Å². The fraction of sp³-hybridized carbons (Fsp3) is 0.0417. The SMILES string of the molecule is COc1ccc(-n2cc(C=Cc3cc(C(=O)O)ccn3)c(-c3ccc(F)cc3)n2)cc1. The molecular formula is C24H18FN3O3. The van der Waals surface area contributed by atoms with Gasteiger partial charge in [0, 0.05) is 23.5 Å². The minimum atomic E-state index is -1.02. The highest BCUT2D eigenvalue weighted by Gasteiger charge is 2.11. The van der Waals surface area contributed by atoms with E-state index in [2.05, 4.69) is 10.1 Å². The van der Waals surface area contributed by atoms with E-state index in [1.54, 1.807) is 36.1 Å². The summed E-state index contributed by atoms with van der Waals surface area (Å²) in [5.74, 6) is -0.610. The van der Waals surface area contributed by atoms with Gasteiger partial charge in [0.15, 0.2) is 0 Å². The highest BCUT2D eigenvalue weighted by molar-refractivity contribution is 5.88. The van der Waals surface area contributed by atoms with Gasteiger partial charge in [-0.2, -0.15) is 5.10 Å². The molecule has 7 heteroatoms. The molecule has 0 spiro atoms. The minimum Gasteiger partial charge on any atom is -0.497 e. The summed E-state index contributed by atoms with van der Waals surface area (Å²) >= 11 is 0. The van der Waals surface area contributed by atoms with Gasteiger partial charge in [-0.1, -0.05) is 0 Å². The van der Waals surface area contributed by atoms with E-state index in [0.29, 0.717) is 11.4 Å². The Labute approximate surface area is 177 Å². The summed E-state index contributed by atoms with van der Waals surface area (Å²) in [5.41, 5.74) is 3.66. The first-order valence-corrected chi connectivity index (χ1v) is 9.41. The lowest BCUT2D eigenvalue weighted by molar-refractivity contribution is 0.0696. The first-order chi connectivity index (χ1) is 15.0. The number of pyridine rings is 1. The summed E-state index contributed by atoms with van der Waals surface area (Å²) in [6, 6.07) is 16.5. The number of hydrogen-bond acceptors (Lipinski definition) is 4. The third kappa shape index (κ3) is 4.51. The molecule has 1 N–H and O–H groups in total. The van der Waals surface area contributed by atoms with E-state index in [0.717, 1.165) is 22.6 Å². The van der Waals surface area contributed by atoms with Gasteiger partial charge in [-0.15, -0.1) is 0 Å². The van der Waals surface area contributed by atoms with Crippen molar-refractivity contribution >= 4 is 18.1 Å². The lowest BCUT2D eigenvalue weighted by Gasteiger charge is -2.03. The average Bonchev–Trinajstić information content (AvgIpc) is 3.22. The zero-order valence-corrected chi connectivity index (χ0v) is 16.6. The van der Waals surface area contributed by atoms with Gasteiger partial charge >= 0.3 is 5.97 Å². The van der Waals surface area contributed by atoms with Gasteiger partial charge in [0.1, 0.15) is 11.6 Å². The van der Waals surface area contributed by atoms with Crippen LogP contribution in [-0.2, 0) is 0 Å². The predicted molar refractivity (Wildman–Crippen MR) is 116 cm³/mol. The van der Waals surface area contributed by atoms with Crippen molar-refractivity contribution in [3.05, 3.63) is 95.7 Å². The third-order valence-electron chi connectivity index (χ3n) is 4.66. The molecule has 0 atom stereocenters. The molecule has 0 aliphatic rings. The Hall–Kier alpha value is -4.26. The molecule has 0 unspecified atom stereocenters. The van der Waals surface area contributed by atoms with Crippen molar-refractivity contribution in [2.24, 2.45) is 0 Å². The molecule has 0 saturated carbocycles. The maximum atomic E-state index is 13.4. The second-order valence-electron chi connectivity index (χ2n) is 6.69. The summed E-state index contributed by atoms with van der Waals surface area (Å²) in [5, 5.41) is 13.9. The van der Waals surface area contributed by atoms with Gasteiger partial charge in [0.25, 0.3) is 0 Å². The molecule has 2 heterocycles. The number of aromatic nitrogens is 3. The monoisotopic (exact) mass is 415 g/mol. The topological polar surface area (TPSA) is 77.2 Å². The highest BCUT2D eigenvalue weighted by Crippen LogP contribution is 2.26. The lowest BCUT2D eigenvalue weighted by atomic mass is 10.1. The highest BCUT2D eigenvalue weighted by atomic mass is 19.1. The number of benzene rings is 2. The second kappa shape index (κ2) is 8.62. The van der Waals surface area contributed by atoms with Crippen molar-refractivity contribution in [1.82, 2.24) is 14.8 Å². The van der Waals surface area contributed by atoms with Crippen molar-refractivity contribution in [2.45, 2.75) is 0 Å². The van der Waals surface area contributed by atoms with Crippen LogP contribution in [0.25, 0.3) is 29.1 Å². The Kier molecular flexibility index (Phi) is 5.57. The molecule has 2 aromatic heterocycles. The number of halogens is 1. The molecule has 0 fully saturated rings. The Bertz CT molecular complexity index is 1250. The molecule has 0 aliphatic heterocycles. The summed E-state index contributed by atoms with van der Waals surface area (Å²) in [6.45, 7) is 0. The van der Waals surface area contributed by atoms with Crippen LogP contribution in [0.2, 0.25) is 0 Å². The molecular weight excluding hydrogens is 397 g/mol. The third-order valence-corrected chi connectivity index (χ3v) is 4.66. The van der Waals surface area contributed by atoms with Gasteiger partial charge in [-0.3, -0.25) is 4.98 Å². The van der Waals surface area contributed by atoms with Crippen LogP contribution in [0.5, 0.6) is 5.75 Å². The number of ether oxygens (including phenoxy) is 1. The standard InChI is InChI=1S/C24H18FN3O3/c1-31-22-10-8-21(9-11-22)28-15-18(23(27-28)16-2-5-19(25)6-3-16)4-7-20-14-17(24(29)30)12-13-26-20/h2-15H,1H3,(H,29,30). The number of nitrogens with zero attached hydrogens (tertiary/aromatic N) is 3. The van der Waals surface area contributed by atoms with Crippen molar-refractivity contribution in [3.63, 3.8) is 0 Å². The van der Waals surface area contributed by atoms with Crippen LogP contribution in [-0.4, -0.2) is 33.0 Å². The maximum absolute atomic E-state index is 13.4. The maximum Gasteiger partial charge on any atom is 0.335 e. The van der Waals surface area contributed by atoms with E-state index in [1.165, 1.54) is 30.5 Å². The molecule has 6 nitrogen and oxygen atoms in total. The smallest absolute Gasteiger partial charge is 0.335 e. The zero-order valence-electron chi connectivity index (χ0n) is 16.6. The quantitative estimate of drug-likeness (QED) is 0.482. The number of methoxy groups -OCH3 is 1. The fourth-order valence-electron chi connectivity index (χ4n) is 3.06. The second-order valence-corrected chi connectivity index (χ2v) is 6.69. The normalized spacial score (nSPS) is 11.0. The van der Waals surface area contributed by atoms with Crippen LogP contribution in [0.15, 0.2) is 73.1 Å². The Morgan fingerprint density at radius 2 is 1.81 bits per heavy atom. The first kappa shape index (κ1) is 20.0. The summed E-state index contributed by atoms with van der Waals surface area (Å²) in [4.78, 5) is 15.4. The fourth-order valence-corrected chi connectivity index (χ4v) is 3.06. The molecule has 154 valence electrons. The number of aromatic carboxylic acids is 1. The van der Waals surface area contributed by atoms with E-state index in [9.17, 15) is 14.3 Å². The summed E-state index contributed by atoms with van der Waals surface area (Å²) in [6.07, 6.45) is 6.82. The van der Waals surface area contributed by atoms with E-state index < -0.39 is 5.97 Å². The molecule has 4 aromatic rings. The van der Waals surface area contributed by atoms with Crippen molar-refractivity contribution < 1.29 is 19.0 Å². The van der Waals surface area contributed by atoms with Crippen LogP contribution < -0.4 is 4.74 Å². The van der Waals surface area contributed by atoms with E-state index in [4.69, 9.17) is 4.74 Å². The van der Waals surface area contributed by atoms with Crippen molar-refractivity contribution in [2.75, 3.05) is 7.11 Å². The lowest BCUT2D eigenvalue weighted by Crippen LogP contribution is -1.96. The summed E-state index contributed by atoms with van der Waals surface area (Å²) in [7, 11) is 1.60. The molecule has 0 aliphatic carbocycles. The van der Waals surface area contributed by atoms with E-state index in [1.807, 2.05) is 30.5 Å². The van der Waals surface area contributed by atoms with Gasteiger partial charge in [0.05, 0.1) is 29.7 Å². The number of hydrogen-bond donors (Lipinski definition) is 1. The Morgan fingerprint density at radius 3 is 2.48 bits per heavy atom. The van der Waals surface area contributed by atoms with Crippen molar-refractivity contribution in [3.8, 4) is 22.7 Å². The molecule has 2 aromatic carbocycles. The molecule has 31 heavy (non-hydrogen) atoms. The minimum absolute atomic E-state index is 0.155. The van der Waals surface area contributed by atoms with Gasteiger partial charge in [-0.25, -0.2) is 13.9 Å². The first-order valence-electron chi connectivity index (χ1n) is 9.41. The van der Waals surface area contributed by atoms with E-state index in [-0.39, 0.29) is 11.4 Å². The molecule has 4 rings (SSSR count). The molecule has 0 bridgehead atoms. The Morgan fingerprint density at radius 1 is 1.06 bits per heavy atom. The van der Waals surface area contributed by atoms with Crippen molar-refractivity contribution in [1.29, 1.82) is 0 Å². The van der Waals surface area contributed by atoms with Crippen LogP contribution in [0.4, 0.5) is 4.39 Å². The number of carboxylic acids is 1. The molecule has 0 saturated heterocycles. The van der Waals surface area contributed by atoms with Gasteiger partial charge in [0.2, 0.25) is 0 Å². The zero-order chi connectivity index (χ0) is 21.8. The van der Waals surface area contributed by atoms with Crippen LogP contribution >= 0.6 is 0 Å².